The van der Waals surface area contributed by atoms with Gasteiger partial charge in [-0.15, -0.1) is 0 Å². The van der Waals surface area contributed by atoms with Crippen molar-refractivity contribution >= 4 is 5.91 Å². The first-order valence-electron chi connectivity index (χ1n) is 9.70. The summed E-state index contributed by atoms with van der Waals surface area (Å²) < 4.78 is 0. The summed E-state index contributed by atoms with van der Waals surface area (Å²) in [4.78, 5) is 13.0. The lowest BCUT2D eigenvalue weighted by molar-refractivity contribution is -0.128. The smallest absolute Gasteiger partial charge is 0.222 e. The number of nitrogens with zero attached hydrogens (tertiary/aromatic N) is 1. The van der Waals surface area contributed by atoms with Gasteiger partial charge in [-0.25, -0.2) is 0 Å². The SMILES string of the molecule is CCCCC/C=C\C[C@@H](O)/C=C/C=C/C=C\[C@@H](O)CCCC(=O)N(C)C. The van der Waals surface area contributed by atoms with Gasteiger partial charge in [0.25, 0.3) is 0 Å². The van der Waals surface area contributed by atoms with Gasteiger partial charge in [0.2, 0.25) is 5.91 Å². The molecular formula is C22H37NO3. The molecule has 4 nitrogen and oxygen atoms in total. The van der Waals surface area contributed by atoms with Crippen LogP contribution >= 0.6 is 0 Å². The Morgan fingerprint density at radius 2 is 1.58 bits per heavy atom. The van der Waals surface area contributed by atoms with Crippen molar-refractivity contribution in [2.24, 2.45) is 0 Å². The van der Waals surface area contributed by atoms with Crippen molar-refractivity contribution in [3.8, 4) is 0 Å². The molecule has 0 saturated heterocycles. The van der Waals surface area contributed by atoms with Gasteiger partial charge in [-0.2, -0.15) is 0 Å². The number of allylic oxidation sites excluding steroid dienone is 5. The average Bonchev–Trinajstić information content (AvgIpc) is 2.60. The second kappa shape index (κ2) is 16.8. The predicted octanol–water partition coefficient (Wildman–Crippen LogP) is 4.16. The van der Waals surface area contributed by atoms with Gasteiger partial charge in [0.1, 0.15) is 0 Å². The Hall–Kier alpha value is -1.65. The second-order valence-corrected chi connectivity index (χ2v) is 6.67. The normalized spacial score (nSPS) is 14.8. The Bertz CT molecular complexity index is 464. The quantitative estimate of drug-likeness (QED) is 0.277. The van der Waals surface area contributed by atoms with Gasteiger partial charge in [-0.3, -0.25) is 4.79 Å². The third-order valence-corrected chi connectivity index (χ3v) is 3.91. The van der Waals surface area contributed by atoms with Crippen molar-refractivity contribution < 1.29 is 15.0 Å². The van der Waals surface area contributed by atoms with Gasteiger partial charge in [-0.05, 0) is 32.1 Å². The number of carbonyl (C=O) groups excluding carboxylic acids is 1. The number of carbonyl (C=O) groups is 1. The van der Waals surface area contributed by atoms with Gasteiger partial charge >= 0.3 is 0 Å². The number of unbranched alkanes of at least 4 members (excludes halogenated alkanes) is 3. The molecular weight excluding hydrogens is 326 g/mol. The molecule has 0 bridgehead atoms. The lowest BCUT2D eigenvalue weighted by atomic mass is 10.1. The summed E-state index contributed by atoms with van der Waals surface area (Å²) in [7, 11) is 3.47. The van der Waals surface area contributed by atoms with E-state index < -0.39 is 12.2 Å². The first-order valence-corrected chi connectivity index (χ1v) is 9.70. The Morgan fingerprint density at radius 1 is 0.923 bits per heavy atom. The Labute approximate surface area is 159 Å². The predicted molar refractivity (Wildman–Crippen MR) is 110 cm³/mol. The molecule has 0 rings (SSSR count). The molecule has 26 heavy (non-hydrogen) atoms. The monoisotopic (exact) mass is 363 g/mol. The van der Waals surface area contributed by atoms with E-state index in [1.54, 1.807) is 37.2 Å². The van der Waals surface area contributed by atoms with Crippen LogP contribution in [0.25, 0.3) is 0 Å². The summed E-state index contributed by atoms with van der Waals surface area (Å²) in [6.07, 6.45) is 21.0. The third-order valence-electron chi connectivity index (χ3n) is 3.91. The highest BCUT2D eigenvalue weighted by atomic mass is 16.3. The van der Waals surface area contributed by atoms with Crippen LogP contribution in [0.3, 0.4) is 0 Å². The molecule has 2 atom stereocenters. The molecule has 0 aliphatic carbocycles. The molecule has 1 amide bonds. The molecule has 0 aromatic heterocycles. The van der Waals surface area contributed by atoms with E-state index in [1.165, 1.54) is 19.3 Å². The zero-order valence-corrected chi connectivity index (χ0v) is 16.7. The van der Waals surface area contributed by atoms with Crippen molar-refractivity contribution in [3.05, 3.63) is 48.6 Å². The molecule has 0 unspecified atom stereocenters. The molecule has 4 heteroatoms. The molecule has 0 radical (unpaired) electrons. The number of rotatable bonds is 14. The molecule has 0 fully saturated rings. The van der Waals surface area contributed by atoms with Crippen molar-refractivity contribution in [1.29, 1.82) is 0 Å². The van der Waals surface area contributed by atoms with E-state index in [2.05, 4.69) is 13.0 Å². The van der Waals surface area contributed by atoms with E-state index in [-0.39, 0.29) is 5.91 Å². The van der Waals surface area contributed by atoms with E-state index in [0.717, 1.165) is 6.42 Å². The molecule has 148 valence electrons. The summed E-state index contributed by atoms with van der Waals surface area (Å²) in [6.45, 7) is 2.19. The van der Waals surface area contributed by atoms with Crippen LogP contribution in [0.2, 0.25) is 0 Å². The summed E-state index contributed by atoms with van der Waals surface area (Å²) in [5.74, 6) is 0.0839. The highest BCUT2D eigenvalue weighted by Crippen LogP contribution is 2.04. The van der Waals surface area contributed by atoms with E-state index in [0.29, 0.717) is 25.7 Å². The zero-order chi connectivity index (χ0) is 19.6. The second-order valence-electron chi connectivity index (χ2n) is 6.67. The number of hydrogen-bond acceptors (Lipinski definition) is 3. The van der Waals surface area contributed by atoms with Gasteiger partial charge in [0, 0.05) is 20.5 Å². The molecule has 0 aromatic rings. The molecule has 0 saturated carbocycles. The Morgan fingerprint density at radius 3 is 2.19 bits per heavy atom. The Kier molecular flexibility index (Phi) is 15.7. The van der Waals surface area contributed by atoms with Crippen LogP contribution in [0.15, 0.2) is 48.6 Å². The van der Waals surface area contributed by atoms with Gasteiger partial charge in [0.15, 0.2) is 0 Å². The van der Waals surface area contributed by atoms with Crippen molar-refractivity contribution in [2.75, 3.05) is 14.1 Å². The lowest BCUT2D eigenvalue weighted by Gasteiger charge is -2.10. The topological polar surface area (TPSA) is 60.8 Å². The lowest BCUT2D eigenvalue weighted by Crippen LogP contribution is -2.21. The fraction of sp³-hybridized carbons (Fsp3) is 0.591. The van der Waals surface area contributed by atoms with Crippen LogP contribution in [-0.2, 0) is 4.79 Å². The van der Waals surface area contributed by atoms with E-state index in [1.807, 2.05) is 24.3 Å². The molecule has 2 N–H and O–H groups in total. The minimum atomic E-state index is -0.540. The highest BCUT2D eigenvalue weighted by molar-refractivity contribution is 5.75. The maximum absolute atomic E-state index is 11.4. The van der Waals surface area contributed by atoms with E-state index in [4.69, 9.17) is 0 Å². The van der Waals surface area contributed by atoms with Crippen LogP contribution < -0.4 is 0 Å². The maximum atomic E-state index is 11.4. The van der Waals surface area contributed by atoms with Crippen molar-refractivity contribution in [2.45, 2.75) is 70.5 Å². The van der Waals surface area contributed by atoms with Crippen LogP contribution in [0.4, 0.5) is 0 Å². The van der Waals surface area contributed by atoms with Crippen LogP contribution in [0.1, 0.15) is 58.3 Å². The zero-order valence-electron chi connectivity index (χ0n) is 16.7. The maximum Gasteiger partial charge on any atom is 0.222 e. The van der Waals surface area contributed by atoms with Crippen LogP contribution in [0, 0.1) is 0 Å². The molecule has 0 spiro atoms. The van der Waals surface area contributed by atoms with E-state index >= 15 is 0 Å². The largest absolute Gasteiger partial charge is 0.389 e. The van der Waals surface area contributed by atoms with Crippen LogP contribution in [0.5, 0.6) is 0 Å². The van der Waals surface area contributed by atoms with Crippen molar-refractivity contribution in [1.82, 2.24) is 4.90 Å². The minimum absolute atomic E-state index is 0.0839. The van der Waals surface area contributed by atoms with Crippen LogP contribution in [-0.4, -0.2) is 47.3 Å². The first-order chi connectivity index (χ1) is 12.5. The summed E-state index contributed by atoms with van der Waals surface area (Å²) in [5, 5.41) is 19.6. The molecule has 0 aliphatic heterocycles. The fourth-order valence-corrected chi connectivity index (χ4v) is 2.24. The molecule has 0 aliphatic rings. The third kappa shape index (κ3) is 15.9. The fourth-order valence-electron chi connectivity index (χ4n) is 2.24. The standard InChI is InChI=1S/C22H37NO3/c1-4-5-6-7-8-11-15-20(24)16-12-9-10-13-17-21(25)18-14-19-22(26)23(2)3/h8-13,16-17,20-21,24-25H,4-7,14-15,18-19H2,1-3H3/b10-9+,11-8-,16-12+,17-13-/t20-,21-/m1/s1. The van der Waals surface area contributed by atoms with Crippen molar-refractivity contribution in [3.63, 3.8) is 0 Å². The van der Waals surface area contributed by atoms with Gasteiger partial charge in [-0.1, -0.05) is 68.4 Å². The summed E-state index contributed by atoms with van der Waals surface area (Å²) in [5.41, 5.74) is 0. The Balaban J connectivity index is 3.86. The number of aliphatic hydroxyl groups excluding tert-OH is 2. The van der Waals surface area contributed by atoms with E-state index in [9.17, 15) is 15.0 Å². The average molecular weight is 364 g/mol. The molecule has 0 aromatic carbocycles. The number of aliphatic hydroxyl groups is 2. The van der Waals surface area contributed by atoms with Gasteiger partial charge < -0.3 is 15.1 Å². The van der Waals surface area contributed by atoms with Gasteiger partial charge in [0.05, 0.1) is 12.2 Å². The summed E-state index contributed by atoms with van der Waals surface area (Å²) in [6, 6.07) is 0. The molecule has 0 heterocycles. The number of hydrogen-bond donors (Lipinski definition) is 2. The summed E-state index contributed by atoms with van der Waals surface area (Å²) >= 11 is 0. The first kappa shape index (κ1) is 24.4. The highest BCUT2D eigenvalue weighted by Gasteiger charge is 2.05. The minimum Gasteiger partial charge on any atom is -0.389 e. The number of amides is 1.